The lowest BCUT2D eigenvalue weighted by Gasteiger charge is -2.28. The number of aliphatic hydroxyl groups is 1. The van der Waals surface area contributed by atoms with Gasteiger partial charge in [0.15, 0.2) is 6.29 Å². The van der Waals surface area contributed by atoms with Crippen molar-refractivity contribution >= 4 is 23.7 Å². The average Bonchev–Trinajstić information content (AvgIpc) is 2.37. The molecule has 1 heterocycles. The van der Waals surface area contributed by atoms with Crippen LogP contribution in [0.1, 0.15) is 41.9 Å². The van der Waals surface area contributed by atoms with Gasteiger partial charge in [-0.2, -0.15) is 0 Å². The number of nitrogens with one attached hydrogen (secondary N) is 1. The second-order valence-corrected chi connectivity index (χ2v) is 5.29. The van der Waals surface area contributed by atoms with Gasteiger partial charge in [0.2, 0.25) is 0 Å². The van der Waals surface area contributed by atoms with Crippen LogP contribution < -0.4 is 5.32 Å². The van der Waals surface area contributed by atoms with E-state index >= 15 is 0 Å². The predicted molar refractivity (Wildman–Crippen MR) is 73.6 cm³/mol. The van der Waals surface area contributed by atoms with Crippen molar-refractivity contribution in [2.24, 2.45) is 5.92 Å². The van der Waals surface area contributed by atoms with Crippen molar-refractivity contribution in [2.45, 2.75) is 38.7 Å². The molecule has 0 radical (unpaired) electrons. The lowest BCUT2D eigenvalue weighted by atomic mass is 9.86. The summed E-state index contributed by atoms with van der Waals surface area (Å²) in [6, 6.07) is 0. The van der Waals surface area contributed by atoms with Gasteiger partial charge in [-0.3, -0.25) is 4.79 Å². The van der Waals surface area contributed by atoms with Crippen LogP contribution in [0.25, 0.3) is 0 Å². The SMILES string of the molecule is Cc1nc(Cl)c(C=O)c(NCC2CCCCC2O)n1. The van der Waals surface area contributed by atoms with Crippen LogP contribution in [0.5, 0.6) is 0 Å². The van der Waals surface area contributed by atoms with E-state index in [4.69, 9.17) is 11.6 Å². The van der Waals surface area contributed by atoms with Gasteiger partial charge in [-0.05, 0) is 19.8 Å². The Morgan fingerprint density at radius 2 is 2.16 bits per heavy atom. The number of aldehydes is 1. The number of carbonyl (C=O) groups is 1. The largest absolute Gasteiger partial charge is 0.393 e. The van der Waals surface area contributed by atoms with Crippen LogP contribution in [0, 0.1) is 12.8 Å². The molecule has 0 aliphatic heterocycles. The second-order valence-electron chi connectivity index (χ2n) is 4.93. The van der Waals surface area contributed by atoms with E-state index in [9.17, 15) is 9.90 Å². The molecule has 1 saturated carbocycles. The fraction of sp³-hybridized carbons (Fsp3) is 0.615. The summed E-state index contributed by atoms with van der Waals surface area (Å²) >= 11 is 5.91. The van der Waals surface area contributed by atoms with E-state index in [2.05, 4.69) is 15.3 Å². The number of halogens is 1. The zero-order valence-corrected chi connectivity index (χ0v) is 11.7. The number of aliphatic hydroxyl groups excluding tert-OH is 1. The van der Waals surface area contributed by atoms with Crippen LogP contribution in [-0.4, -0.2) is 34.0 Å². The van der Waals surface area contributed by atoms with E-state index in [0.29, 0.717) is 24.5 Å². The summed E-state index contributed by atoms with van der Waals surface area (Å²) in [5.74, 6) is 1.16. The first-order chi connectivity index (χ1) is 9.11. The summed E-state index contributed by atoms with van der Waals surface area (Å²) in [6.07, 6.45) is 4.42. The maximum absolute atomic E-state index is 11.0. The number of rotatable bonds is 4. The van der Waals surface area contributed by atoms with E-state index in [-0.39, 0.29) is 22.7 Å². The molecule has 19 heavy (non-hydrogen) atoms. The Morgan fingerprint density at radius 1 is 1.42 bits per heavy atom. The number of hydrogen-bond acceptors (Lipinski definition) is 5. The van der Waals surface area contributed by atoms with Gasteiger partial charge >= 0.3 is 0 Å². The van der Waals surface area contributed by atoms with Gasteiger partial charge in [0.1, 0.15) is 16.8 Å². The standard InChI is InChI=1S/C13H18ClN3O2/c1-8-16-12(14)10(7-18)13(17-8)15-6-9-4-2-3-5-11(9)19/h7,9,11,19H,2-6H2,1H3,(H,15,16,17). The minimum Gasteiger partial charge on any atom is -0.393 e. The highest BCUT2D eigenvalue weighted by Gasteiger charge is 2.23. The maximum Gasteiger partial charge on any atom is 0.156 e. The highest BCUT2D eigenvalue weighted by Crippen LogP contribution is 2.25. The monoisotopic (exact) mass is 283 g/mol. The molecular formula is C13H18ClN3O2. The van der Waals surface area contributed by atoms with Crippen molar-refractivity contribution in [1.82, 2.24) is 9.97 Å². The van der Waals surface area contributed by atoms with Crippen LogP contribution in [0.3, 0.4) is 0 Å². The summed E-state index contributed by atoms with van der Waals surface area (Å²) in [5, 5.41) is 13.2. The molecule has 0 bridgehead atoms. The third-order valence-electron chi connectivity index (χ3n) is 3.53. The van der Waals surface area contributed by atoms with E-state index in [1.807, 2.05) is 0 Å². The van der Waals surface area contributed by atoms with Gasteiger partial charge in [-0.15, -0.1) is 0 Å². The lowest BCUT2D eigenvalue weighted by Crippen LogP contribution is -2.30. The van der Waals surface area contributed by atoms with E-state index in [0.717, 1.165) is 25.7 Å². The van der Waals surface area contributed by atoms with Crippen molar-refractivity contribution in [1.29, 1.82) is 0 Å². The highest BCUT2D eigenvalue weighted by molar-refractivity contribution is 6.32. The first kappa shape index (κ1) is 14.2. The van der Waals surface area contributed by atoms with Crippen molar-refractivity contribution in [2.75, 3.05) is 11.9 Å². The smallest absolute Gasteiger partial charge is 0.156 e. The lowest BCUT2D eigenvalue weighted by molar-refractivity contribution is 0.0763. The second kappa shape index (κ2) is 6.30. The molecule has 1 aliphatic rings. The molecule has 0 aromatic carbocycles. The molecule has 2 N–H and O–H groups in total. The third-order valence-corrected chi connectivity index (χ3v) is 3.82. The van der Waals surface area contributed by atoms with Gasteiger partial charge in [0.25, 0.3) is 0 Å². The first-order valence-electron chi connectivity index (χ1n) is 6.53. The first-order valence-corrected chi connectivity index (χ1v) is 6.91. The molecule has 2 atom stereocenters. The van der Waals surface area contributed by atoms with Crippen molar-refractivity contribution < 1.29 is 9.90 Å². The fourth-order valence-corrected chi connectivity index (χ4v) is 2.70. The number of nitrogens with zero attached hydrogens (tertiary/aromatic N) is 2. The molecule has 0 spiro atoms. The Balaban J connectivity index is 2.08. The molecule has 0 saturated heterocycles. The number of anilines is 1. The van der Waals surface area contributed by atoms with Crippen LogP contribution in [0.4, 0.5) is 5.82 Å². The Labute approximate surface area is 117 Å². The van der Waals surface area contributed by atoms with Gasteiger partial charge in [-0.1, -0.05) is 24.4 Å². The van der Waals surface area contributed by atoms with E-state index < -0.39 is 0 Å². The van der Waals surface area contributed by atoms with Crippen molar-refractivity contribution in [3.05, 3.63) is 16.5 Å². The molecule has 1 aromatic heterocycles. The van der Waals surface area contributed by atoms with Crippen LogP contribution in [0.2, 0.25) is 5.15 Å². The third kappa shape index (κ3) is 3.42. The maximum atomic E-state index is 11.0. The Kier molecular flexibility index (Phi) is 4.71. The summed E-state index contributed by atoms with van der Waals surface area (Å²) in [7, 11) is 0. The Bertz CT molecular complexity index is 467. The summed E-state index contributed by atoms with van der Waals surface area (Å²) in [6.45, 7) is 2.32. The molecule has 2 unspecified atom stereocenters. The van der Waals surface area contributed by atoms with E-state index in [1.54, 1.807) is 6.92 Å². The van der Waals surface area contributed by atoms with Gasteiger partial charge in [0, 0.05) is 12.5 Å². The number of hydrogen-bond donors (Lipinski definition) is 2. The molecule has 1 fully saturated rings. The zero-order chi connectivity index (χ0) is 13.8. The average molecular weight is 284 g/mol. The number of aromatic nitrogens is 2. The molecule has 2 rings (SSSR count). The molecule has 1 aliphatic carbocycles. The Morgan fingerprint density at radius 3 is 2.84 bits per heavy atom. The normalized spacial score (nSPS) is 23.1. The minimum absolute atomic E-state index is 0.161. The fourth-order valence-electron chi connectivity index (χ4n) is 2.44. The predicted octanol–water partition coefficient (Wildman–Crippen LogP) is 2.21. The molecule has 104 valence electrons. The molecule has 5 nitrogen and oxygen atoms in total. The molecule has 0 amide bonds. The zero-order valence-electron chi connectivity index (χ0n) is 10.9. The molecule has 1 aromatic rings. The number of aryl methyl sites for hydroxylation is 1. The molecule has 6 heteroatoms. The quantitative estimate of drug-likeness (QED) is 0.654. The Hall–Kier alpha value is -1.20. The summed E-state index contributed by atoms with van der Waals surface area (Å²) < 4.78 is 0. The minimum atomic E-state index is -0.278. The van der Waals surface area contributed by atoms with Gasteiger partial charge in [-0.25, -0.2) is 9.97 Å². The van der Waals surface area contributed by atoms with E-state index in [1.165, 1.54) is 0 Å². The van der Waals surface area contributed by atoms with Crippen LogP contribution >= 0.6 is 11.6 Å². The van der Waals surface area contributed by atoms with Crippen LogP contribution in [-0.2, 0) is 0 Å². The van der Waals surface area contributed by atoms with Crippen molar-refractivity contribution in [3.63, 3.8) is 0 Å². The number of carbonyl (C=O) groups excluding carboxylic acids is 1. The summed E-state index contributed by atoms with van der Waals surface area (Å²) in [5.41, 5.74) is 0.276. The van der Waals surface area contributed by atoms with Crippen molar-refractivity contribution in [3.8, 4) is 0 Å². The topological polar surface area (TPSA) is 75.1 Å². The summed E-state index contributed by atoms with van der Waals surface area (Å²) in [4.78, 5) is 19.2. The van der Waals surface area contributed by atoms with Crippen LogP contribution in [0.15, 0.2) is 0 Å². The highest BCUT2D eigenvalue weighted by atomic mass is 35.5. The van der Waals surface area contributed by atoms with Gasteiger partial charge < -0.3 is 10.4 Å². The van der Waals surface area contributed by atoms with Gasteiger partial charge in [0.05, 0.1) is 11.7 Å². The molecular weight excluding hydrogens is 266 g/mol.